The molecule has 25 nitrogen and oxygen atoms in total. The van der Waals surface area contributed by atoms with Gasteiger partial charge in [0.1, 0.15) is 30.5 Å². The van der Waals surface area contributed by atoms with Crippen LogP contribution in [0.1, 0.15) is 79.1 Å². The van der Waals surface area contributed by atoms with E-state index in [1.165, 1.54) is 17.9 Å². The molecule has 0 radical (unpaired) electrons. The Labute approximate surface area is 491 Å². The molecule has 3 unspecified atom stereocenters. The summed E-state index contributed by atoms with van der Waals surface area (Å²) in [6, 6.07) is -1.35. The molecule has 25 heteroatoms. The molecule has 84 heavy (non-hydrogen) atoms. The highest BCUT2D eigenvalue weighted by atomic mass is 16.7. The van der Waals surface area contributed by atoms with Crippen LogP contribution in [0.25, 0.3) is 0 Å². The molecule has 0 aromatic heterocycles. The molecule has 16 N–H and O–H groups in total. The van der Waals surface area contributed by atoms with Gasteiger partial charge in [-0.1, -0.05) is 98.9 Å². The Morgan fingerprint density at radius 2 is 1.26 bits per heavy atom. The minimum atomic E-state index is -2.47. The molecule has 5 rings (SSSR count). The summed E-state index contributed by atoms with van der Waals surface area (Å²) in [4.78, 5) is 30.9. The fourth-order valence-electron chi connectivity index (χ4n) is 11.0. The highest BCUT2D eigenvalue weighted by molar-refractivity contribution is 5.80. The van der Waals surface area contributed by atoms with Crippen molar-refractivity contribution in [3.8, 4) is 0 Å². The monoisotopic (exact) mass is 1200 g/mol. The van der Waals surface area contributed by atoms with Gasteiger partial charge in [0.25, 0.3) is 0 Å². The van der Waals surface area contributed by atoms with Crippen molar-refractivity contribution in [1.29, 1.82) is 0 Å². The topological polar surface area (TPSA) is 402 Å². The van der Waals surface area contributed by atoms with Gasteiger partial charge in [-0.3, -0.25) is 14.5 Å². The molecule has 23 atom stereocenters. The third-order valence-electron chi connectivity index (χ3n) is 16.3. The van der Waals surface area contributed by atoms with Crippen LogP contribution in [0.3, 0.4) is 0 Å². The number of aliphatic hydroxyl groups excluding tert-OH is 13. The molecule has 2 bridgehead atoms. The van der Waals surface area contributed by atoms with Gasteiger partial charge in [0.05, 0.1) is 105 Å². The van der Waals surface area contributed by atoms with E-state index < -0.39 is 184 Å². The predicted octanol–water partition coefficient (Wildman–Crippen LogP) is -2.80. The van der Waals surface area contributed by atoms with Gasteiger partial charge in [-0.25, -0.2) is 0 Å². The standard InChI is InChI=1S/C59H95N3O22/c1-35-17-15-13-11-9-7-5-6-8-10-12-14-16-18-42(83-57-54(75)50(52(73)38(4)82-57)60-34-59(79)55(76)53(74)46(70)33-80-59)30-47-49(56(77)62-23-21-61(22-24-62)25-26-63)45(69)32-58(78,84-47)31-41(66)28-44(68)43(67)20-19-39(64)27-40(65)29-48(71)81-37(3)36(2)51(35)72/h5-18,35-47,49-55,57,60,63-70,72-76,78-79H,19-34H2,1-4H3/b6-5+,9-7+,10-8+,13-11+,14-12+,17-15+,18-16+/t35-,36-,37-,38+,39+,40+,41-,42-,43+,44+,45-,46+,47?,49?,50-,51+,52+,53+,54-,55-,57?,58+,59+/m0/s1. The third-order valence-corrected chi connectivity index (χ3v) is 16.3. The number of hydrogen-bond acceptors (Lipinski definition) is 24. The normalized spacial score (nSPS) is 44.8. The third kappa shape index (κ3) is 21.3. The van der Waals surface area contributed by atoms with E-state index in [4.69, 9.17) is 23.7 Å². The number of cyclic esters (lactones) is 1. The van der Waals surface area contributed by atoms with Crippen molar-refractivity contribution in [3.05, 3.63) is 85.1 Å². The first-order valence-corrected chi connectivity index (χ1v) is 29.2. The number of aliphatic hydroxyl groups is 15. The summed E-state index contributed by atoms with van der Waals surface area (Å²) in [6.45, 7) is 7.01. The molecule has 0 saturated carbocycles. The zero-order chi connectivity index (χ0) is 61.9. The zero-order valence-electron chi connectivity index (χ0n) is 48.5. The highest BCUT2D eigenvalue weighted by Gasteiger charge is 2.53. The van der Waals surface area contributed by atoms with Gasteiger partial charge in [0.15, 0.2) is 12.1 Å². The first kappa shape index (κ1) is 71.0. The lowest BCUT2D eigenvalue weighted by Gasteiger charge is -2.48. The van der Waals surface area contributed by atoms with Crippen molar-refractivity contribution in [2.75, 3.05) is 52.5 Å². The van der Waals surface area contributed by atoms with Crippen molar-refractivity contribution >= 4 is 11.9 Å². The minimum Gasteiger partial charge on any atom is -0.462 e. The van der Waals surface area contributed by atoms with Crippen molar-refractivity contribution in [3.63, 3.8) is 0 Å². The number of amides is 1. The predicted molar refractivity (Wildman–Crippen MR) is 302 cm³/mol. The molecular formula is C59H95N3O22. The largest absolute Gasteiger partial charge is 0.462 e. The molecule has 5 aliphatic rings. The van der Waals surface area contributed by atoms with Gasteiger partial charge >= 0.3 is 5.97 Å². The number of carbonyl (C=O) groups excluding carboxylic acids is 2. The fraction of sp³-hybridized carbons (Fsp3) is 0.729. The zero-order valence-corrected chi connectivity index (χ0v) is 48.5. The van der Waals surface area contributed by atoms with Gasteiger partial charge in [-0.05, 0) is 33.1 Å². The maximum atomic E-state index is 14.6. The molecule has 0 aromatic rings. The van der Waals surface area contributed by atoms with Crippen LogP contribution in [0.15, 0.2) is 85.1 Å². The van der Waals surface area contributed by atoms with Crippen LogP contribution in [0.5, 0.6) is 0 Å². The Hall–Kier alpha value is -3.72. The van der Waals surface area contributed by atoms with E-state index in [2.05, 4.69) is 5.32 Å². The van der Waals surface area contributed by atoms with Crippen molar-refractivity contribution in [1.82, 2.24) is 15.1 Å². The maximum absolute atomic E-state index is 14.6. The van der Waals surface area contributed by atoms with Crippen LogP contribution in [-0.2, 0) is 33.3 Å². The number of esters is 1. The van der Waals surface area contributed by atoms with Crippen LogP contribution >= 0.6 is 0 Å². The SMILES string of the molecule is C[C@@H]1[C@H](O)[C@@H](C)/C=C/C=C/C=C/C=C/C=C/C=C/C=C/[C@H](OC2O[C@H](C)[C@@H](O)[C@H](NC[C@@]3(O)OC[C@@H](O)[C@@H](O)[C@@H]3O)[C@@H]2O)CC2O[C@](O)(C[C@@H](O)C[C@@H](O)[C@H](O)CC[C@@H](O)C[C@@H](O)CC(=O)O[C@H]1C)C[C@H](O)C2C(=O)N1CCN(CCO)CC1. The van der Waals surface area contributed by atoms with E-state index >= 15 is 0 Å². The van der Waals surface area contributed by atoms with Crippen LogP contribution in [-0.4, -0.2) is 272 Å². The summed E-state index contributed by atoms with van der Waals surface area (Å²) in [5.74, 6) is -8.28. The minimum absolute atomic E-state index is 0.0956. The second-order valence-electron chi connectivity index (χ2n) is 23.1. The van der Waals surface area contributed by atoms with Crippen LogP contribution in [0.2, 0.25) is 0 Å². The molecule has 0 aromatic carbocycles. The van der Waals surface area contributed by atoms with E-state index in [-0.39, 0.29) is 51.3 Å². The molecule has 478 valence electrons. The number of allylic oxidation sites excluding steroid dienone is 12. The number of β-amino-alcohol motifs (C(OH)–C–C–N with tert-alkyl or cyclic N) is 1. The van der Waals surface area contributed by atoms with Crippen molar-refractivity contribution in [2.24, 2.45) is 17.8 Å². The van der Waals surface area contributed by atoms with Crippen LogP contribution in [0.4, 0.5) is 0 Å². The first-order valence-electron chi connectivity index (χ1n) is 29.2. The van der Waals surface area contributed by atoms with Crippen LogP contribution in [0, 0.1) is 17.8 Å². The summed E-state index contributed by atoms with van der Waals surface area (Å²) >= 11 is 0. The molecular weight excluding hydrogens is 1100 g/mol. The van der Waals surface area contributed by atoms with E-state index in [1.54, 1.807) is 86.8 Å². The summed E-state index contributed by atoms with van der Waals surface area (Å²) in [6.07, 6.45) is -3.19. The number of piperazine rings is 1. The highest BCUT2D eigenvalue weighted by Crippen LogP contribution is 2.39. The lowest BCUT2D eigenvalue weighted by Crippen LogP contribution is -2.69. The van der Waals surface area contributed by atoms with Gasteiger partial charge in [0.2, 0.25) is 11.7 Å². The Morgan fingerprint density at radius 1 is 0.655 bits per heavy atom. The van der Waals surface area contributed by atoms with Gasteiger partial charge in [0, 0.05) is 70.2 Å². The summed E-state index contributed by atoms with van der Waals surface area (Å²) in [5.41, 5.74) is 0. The molecule has 0 aliphatic carbocycles. The van der Waals surface area contributed by atoms with Gasteiger partial charge < -0.3 is 110 Å². The molecule has 5 aliphatic heterocycles. The van der Waals surface area contributed by atoms with Crippen molar-refractivity contribution in [2.45, 2.75) is 201 Å². The maximum Gasteiger partial charge on any atom is 0.308 e. The molecule has 1 amide bonds. The lowest BCUT2D eigenvalue weighted by molar-refractivity contribution is -0.323. The number of rotatable bonds is 8. The first-order chi connectivity index (χ1) is 39.8. The fourth-order valence-corrected chi connectivity index (χ4v) is 11.0. The van der Waals surface area contributed by atoms with Crippen molar-refractivity contribution < 1.29 is 110 Å². The Kier molecular flexibility index (Phi) is 28.9. The Morgan fingerprint density at radius 3 is 1.88 bits per heavy atom. The second kappa shape index (κ2) is 34.1. The number of hydrogen-bond donors (Lipinski definition) is 16. The van der Waals surface area contributed by atoms with Gasteiger partial charge in [-0.2, -0.15) is 0 Å². The molecule has 4 saturated heterocycles. The summed E-state index contributed by atoms with van der Waals surface area (Å²) < 4.78 is 29.6. The number of ether oxygens (including phenoxy) is 5. The number of nitrogens with one attached hydrogen (secondary N) is 1. The van der Waals surface area contributed by atoms with E-state index in [1.807, 2.05) is 17.9 Å². The Bertz CT molecular complexity index is 2210. The second-order valence-corrected chi connectivity index (χ2v) is 23.1. The van der Waals surface area contributed by atoms with Crippen LogP contribution < -0.4 is 5.32 Å². The van der Waals surface area contributed by atoms with E-state index in [9.17, 15) is 86.2 Å². The van der Waals surface area contributed by atoms with E-state index in [0.717, 1.165) is 0 Å². The number of carbonyl (C=O) groups is 2. The Balaban J connectivity index is 1.44. The van der Waals surface area contributed by atoms with Gasteiger partial charge in [-0.15, -0.1) is 0 Å². The molecule has 5 heterocycles. The molecule has 0 spiro atoms. The number of nitrogens with zero attached hydrogens (tertiary/aromatic N) is 2. The van der Waals surface area contributed by atoms with E-state index in [0.29, 0.717) is 19.6 Å². The lowest BCUT2D eigenvalue weighted by atomic mass is 9.81. The summed E-state index contributed by atoms with van der Waals surface area (Å²) in [7, 11) is 0. The average Bonchev–Trinajstić information content (AvgIpc) is 1.83. The number of fused-ring (bicyclic) bond motifs is 2. The summed E-state index contributed by atoms with van der Waals surface area (Å²) in [5, 5.41) is 167. The smallest absolute Gasteiger partial charge is 0.308 e. The molecule has 4 fully saturated rings. The average molecular weight is 1200 g/mol. The quantitative estimate of drug-likeness (QED) is 0.109.